The second-order valence-corrected chi connectivity index (χ2v) is 4.36. The molecule has 1 unspecified atom stereocenters. The zero-order chi connectivity index (χ0) is 13.7. The van der Waals surface area contributed by atoms with E-state index < -0.39 is 11.9 Å². The zero-order valence-electron chi connectivity index (χ0n) is 10.3. The molecule has 0 fully saturated rings. The Balaban J connectivity index is 2.13. The molecule has 98 valence electrons. The maximum absolute atomic E-state index is 13.5. The van der Waals surface area contributed by atoms with E-state index in [1.165, 1.54) is 6.07 Å². The summed E-state index contributed by atoms with van der Waals surface area (Å²) < 4.78 is 13.5. The van der Waals surface area contributed by atoms with Crippen LogP contribution in [0.3, 0.4) is 0 Å². The molecule has 0 bridgehead atoms. The monoisotopic (exact) mass is 259 g/mol. The lowest BCUT2D eigenvalue weighted by Gasteiger charge is -2.12. The molecule has 0 amide bonds. The van der Waals surface area contributed by atoms with E-state index in [0.717, 1.165) is 0 Å². The minimum absolute atomic E-state index is 0.165. The van der Waals surface area contributed by atoms with Crippen molar-refractivity contribution in [2.75, 3.05) is 0 Å². The number of hydrogen-bond donors (Lipinski definition) is 1. The van der Waals surface area contributed by atoms with Gasteiger partial charge in [0.1, 0.15) is 5.82 Å². The molecule has 2 aromatic rings. The van der Waals surface area contributed by atoms with Crippen LogP contribution in [0.4, 0.5) is 4.39 Å². The number of nitrogens with zero attached hydrogens (tertiary/aromatic N) is 1. The first-order valence-corrected chi connectivity index (χ1v) is 6.03. The Morgan fingerprint density at radius 2 is 1.89 bits per heavy atom. The van der Waals surface area contributed by atoms with Gasteiger partial charge >= 0.3 is 5.97 Å². The summed E-state index contributed by atoms with van der Waals surface area (Å²) in [6, 6.07) is 11.6. The van der Waals surface area contributed by atoms with Crippen LogP contribution in [-0.2, 0) is 17.6 Å². The Morgan fingerprint density at radius 3 is 2.53 bits per heavy atom. The van der Waals surface area contributed by atoms with Crippen LogP contribution in [0.1, 0.15) is 11.3 Å². The van der Waals surface area contributed by atoms with Gasteiger partial charge in [-0.05, 0) is 30.2 Å². The lowest BCUT2D eigenvalue weighted by Crippen LogP contribution is -2.20. The summed E-state index contributed by atoms with van der Waals surface area (Å²) in [5, 5.41) is 9.24. The molecule has 0 spiro atoms. The minimum Gasteiger partial charge on any atom is -0.481 e. The molecule has 1 aromatic carbocycles. The number of rotatable bonds is 5. The smallest absolute Gasteiger partial charge is 0.307 e. The van der Waals surface area contributed by atoms with Crippen molar-refractivity contribution < 1.29 is 14.3 Å². The van der Waals surface area contributed by atoms with Crippen LogP contribution in [0.2, 0.25) is 0 Å². The van der Waals surface area contributed by atoms with Crippen LogP contribution in [0.15, 0.2) is 48.7 Å². The fraction of sp³-hybridized carbons (Fsp3) is 0.200. The summed E-state index contributed by atoms with van der Waals surface area (Å²) in [7, 11) is 0. The average Bonchev–Trinajstić information content (AvgIpc) is 2.41. The first-order valence-electron chi connectivity index (χ1n) is 6.03. The molecule has 0 aliphatic rings. The topological polar surface area (TPSA) is 50.2 Å². The number of aromatic nitrogens is 1. The fourth-order valence-electron chi connectivity index (χ4n) is 1.95. The van der Waals surface area contributed by atoms with Crippen molar-refractivity contribution >= 4 is 5.97 Å². The summed E-state index contributed by atoms with van der Waals surface area (Å²) >= 11 is 0. The molecule has 0 aliphatic carbocycles. The van der Waals surface area contributed by atoms with E-state index in [1.807, 2.05) is 6.07 Å². The molecule has 1 atom stereocenters. The van der Waals surface area contributed by atoms with Gasteiger partial charge in [0, 0.05) is 18.3 Å². The maximum Gasteiger partial charge on any atom is 0.307 e. The van der Waals surface area contributed by atoms with Gasteiger partial charge < -0.3 is 5.11 Å². The summed E-state index contributed by atoms with van der Waals surface area (Å²) in [6.45, 7) is 0. The lowest BCUT2D eigenvalue weighted by molar-refractivity contribution is -0.141. The van der Waals surface area contributed by atoms with Gasteiger partial charge in [0.25, 0.3) is 0 Å². The minimum atomic E-state index is -0.936. The van der Waals surface area contributed by atoms with Crippen LogP contribution >= 0.6 is 0 Å². The number of carboxylic acids is 1. The van der Waals surface area contributed by atoms with Gasteiger partial charge in [-0.1, -0.05) is 24.3 Å². The SMILES string of the molecule is O=C(O)C(Cc1ccccn1)Cc1ccccc1F. The van der Waals surface area contributed by atoms with E-state index in [9.17, 15) is 14.3 Å². The maximum atomic E-state index is 13.5. The highest BCUT2D eigenvalue weighted by molar-refractivity contribution is 5.70. The molecular weight excluding hydrogens is 245 g/mol. The van der Waals surface area contributed by atoms with Gasteiger partial charge in [-0.15, -0.1) is 0 Å². The Kier molecular flexibility index (Phi) is 4.23. The largest absolute Gasteiger partial charge is 0.481 e. The average molecular weight is 259 g/mol. The zero-order valence-corrected chi connectivity index (χ0v) is 10.3. The van der Waals surface area contributed by atoms with Crippen LogP contribution in [0.25, 0.3) is 0 Å². The molecule has 0 saturated heterocycles. The Hall–Kier alpha value is -2.23. The summed E-state index contributed by atoms with van der Waals surface area (Å²) in [5.74, 6) is -1.98. The molecule has 19 heavy (non-hydrogen) atoms. The number of halogens is 1. The highest BCUT2D eigenvalue weighted by atomic mass is 19.1. The van der Waals surface area contributed by atoms with Crippen molar-refractivity contribution in [3.8, 4) is 0 Å². The van der Waals surface area contributed by atoms with E-state index in [1.54, 1.807) is 36.5 Å². The van der Waals surface area contributed by atoms with E-state index in [2.05, 4.69) is 4.98 Å². The number of hydrogen-bond acceptors (Lipinski definition) is 2. The Morgan fingerprint density at radius 1 is 1.16 bits per heavy atom. The third-order valence-corrected chi connectivity index (χ3v) is 2.96. The molecule has 1 aromatic heterocycles. The van der Waals surface area contributed by atoms with Gasteiger partial charge in [-0.25, -0.2) is 4.39 Å². The Bertz CT molecular complexity index is 557. The molecule has 0 radical (unpaired) electrons. The van der Waals surface area contributed by atoms with Crippen LogP contribution in [0, 0.1) is 11.7 Å². The van der Waals surface area contributed by atoms with Crippen molar-refractivity contribution in [2.45, 2.75) is 12.8 Å². The van der Waals surface area contributed by atoms with Gasteiger partial charge in [-0.3, -0.25) is 9.78 Å². The lowest BCUT2D eigenvalue weighted by atomic mass is 9.94. The second kappa shape index (κ2) is 6.09. The van der Waals surface area contributed by atoms with Crippen molar-refractivity contribution in [3.63, 3.8) is 0 Å². The van der Waals surface area contributed by atoms with E-state index in [0.29, 0.717) is 17.7 Å². The number of carbonyl (C=O) groups is 1. The molecule has 0 aliphatic heterocycles. The fourth-order valence-corrected chi connectivity index (χ4v) is 1.95. The normalized spacial score (nSPS) is 12.1. The molecule has 2 rings (SSSR count). The van der Waals surface area contributed by atoms with Crippen LogP contribution < -0.4 is 0 Å². The van der Waals surface area contributed by atoms with Gasteiger partial charge in [0.15, 0.2) is 0 Å². The van der Waals surface area contributed by atoms with Gasteiger partial charge in [0.05, 0.1) is 5.92 Å². The number of aliphatic carboxylic acids is 1. The first-order chi connectivity index (χ1) is 9.16. The predicted molar refractivity (Wildman–Crippen MR) is 69.2 cm³/mol. The molecule has 3 nitrogen and oxygen atoms in total. The number of carboxylic acid groups (broad SMARTS) is 1. The van der Waals surface area contributed by atoms with Crippen molar-refractivity contribution in [1.82, 2.24) is 4.98 Å². The van der Waals surface area contributed by atoms with E-state index >= 15 is 0 Å². The predicted octanol–water partition coefficient (Wildman–Crippen LogP) is 2.71. The molecule has 0 saturated carbocycles. The number of benzene rings is 1. The summed E-state index contributed by atoms with van der Waals surface area (Å²) in [4.78, 5) is 15.4. The third kappa shape index (κ3) is 3.61. The van der Waals surface area contributed by atoms with E-state index in [4.69, 9.17) is 0 Å². The van der Waals surface area contributed by atoms with Crippen molar-refractivity contribution in [3.05, 3.63) is 65.7 Å². The molecule has 1 N–H and O–H groups in total. The molecule has 1 heterocycles. The van der Waals surface area contributed by atoms with Gasteiger partial charge in [0.2, 0.25) is 0 Å². The van der Waals surface area contributed by atoms with Crippen LogP contribution in [0.5, 0.6) is 0 Å². The highest BCUT2D eigenvalue weighted by Crippen LogP contribution is 2.16. The van der Waals surface area contributed by atoms with Gasteiger partial charge in [-0.2, -0.15) is 0 Å². The van der Waals surface area contributed by atoms with Crippen LogP contribution in [-0.4, -0.2) is 16.1 Å². The second-order valence-electron chi connectivity index (χ2n) is 4.36. The first kappa shape index (κ1) is 13.2. The summed E-state index contributed by atoms with van der Waals surface area (Å²) in [5.41, 5.74) is 1.12. The quantitative estimate of drug-likeness (QED) is 0.898. The highest BCUT2D eigenvalue weighted by Gasteiger charge is 2.20. The molecule has 4 heteroatoms. The number of pyridine rings is 1. The van der Waals surface area contributed by atoms with E-state index in [-0.39, 0.29) is 12.2 Å². The third-order valence-electron chi connectivity index (χ3n) is 2.96. The van der Waals surface area contributed by atoms with Crippen molar-refractivity contribution in [1.29, 1.82) is 0 Å². The molecular formula is C15H14FNO2. The van der Waals surface area contributed by atoms with Crippen molar-refractivity contribution in [2.24, 2.45) is 5.92 Å². The Labute approximate surface area is 110 Å². The standard InChI is InChI=1S/C15H14FNO2/c16-14-7-2-1-5-11(14)9-12(15(18)19)10-13-6-3-4-8-17-13/h1-8,12H,9-10H2,(H,18,19). The summed E-state index contributed by atoms with van der Waals surface area (Å²) in [6.07, 6.45) is 2.08.